The van der Waals surface area contributed by atoms with Crippen molar-refractivity contribution in [3.05, 3.63) is 10.2 Å². The molecule has 12 heavy (non-hydrogen) atoms. The van der Waals surface area contributed by atoms with Crippen molar-refractivity contribution in [3.63, 3.8) is 0 Å². The summed E-state index contributed by atoms with van der Waals surface area (Å²) in [5.74, 6) is 3.20. The normalized spacial score (nSPS) is 12.8. The van der Waals surface area contributed by atoms with Gasteiger partial charge in [-0.05, 0) is 0 Å². The van der Waals surface area contributed by atoms with Gasteiger partial charge in [0.2, 0.25) is 0 Å². The molecule has 0 nitrogen and oxygen atoms in total. The van der Waals surface area contributed by atoms with Gasteiger partial charge in [-0.15, -0.1) is 0 Å². The fourth-order valence-electron chi connectivity index (χ4n) is 0.550. The van der Waals surface area contributed by atoms with Crippen LogP contribution in [-0.4, -0.2) is 36.8 Å². The summed E-state index contributed by atoms with van der Waals surface area (Å²) in [6.07, 6.45) is 2.10. The summed E-state index contributed by atoms with van der Waals surface area (Å²) in [7, 11) is 0. The van der Waals surface area contributed by atoms with E-state index in [9.17, 15) is 0 Å². The van der Waals surface area contributed by atoms with Crippen LogP contribution in [0.1, 0.15) is 0 Å². The van der Waals surface area contributed by atoms with Crippen molar-refractivity contribution in [1.29, 1.82) is 0 Å². The van der Waals surface area contributed by atoms with Gasteiger partial charge in [0, 0.05) is 0 Å². The molecular weight excluding hydrogens is 358 g/mol. The molecule has 68 valence electrons. The van der Waals surface area contributed by atoms with Crippen LogP contribution < -0.4 is 0 Å². The van der Waals surface area contributed by atoms with Crippen LogP contribution in [-0.2, 0) is 0 Å². The molecule has 0 heterocycles. The fraction of sp³-hybridized carbons (Fsp3) is 0.600. The van der Waals surface area contributed by atoms with Crippen LogP contribution >= 0.6 is 0 Å². The Hall–Kier alpha value is 0.897. The zero-order valence-corrected chi connectivity index (χ0v) is 14.9. The summed E-state index contributed by atoms with van der Waals surface area (Å²) in [5, 5.41) is 0. The van der Waals surface area contributed by atoms with Crippen molar-refractivity contribution in [1.82, 2.24) is 0 Å². The van der Waals surface area contributed by atoms with Crippen molar-refractivity contribution in [3.8, 4) is 9.86 Å². The Morgan fingerprint density at radius 2 is 1.42 bits per heavy atom. The molecule has 0 aromatic rings. The first-order valence-corrected chi connectivity index (χ1v) is 24.6. The summed E-state index contributed by atoms with van der Waals surface area (Å²) in [4.78, 5) is 14.2. The van der Waals surface area contributed by atoms with Crippen molar-refractivity contribution in [2.75, 3.05) is 0 Å². The van der Waals surface area contributed by atoms with E-state index in [1.165, 1.54) is 0 Å². The first-order chi connectivity index (χ1) is 5.21. The molecule has 0 aliphatic rings. The maximum absolute atomic E-state index is 3.40. The second-order valence-corrected chi connectivity index (χ2v) is 33.2. The van der Waals surface area contributed by atoms with Gasteiger partial charge < -0.3 is 0 Å². The van der Waals surface area contributed by atoms with E-state index in [-0.39, 0.29) is 0 Å². The molecule has 0 saturated carbocycles. The number of rotatable bonds is 1. The molecule has 0 unspecified atom stereocenters. The van der Waals surface area contributed by atoms with E-state index in [1.807, 2.05) is 0 Å². The van der Waals surface area contributed by atoms with Gasteiger partial charge in [-0.25, -0.2) is 0 Å². The summed E-state index contributed by atoms with van der Waals surface area (Å²) in [6, 6.07) is 0. The SMILES string of the molecule is [CH3][Sn]([CH3])([CH3])[C]#C/C=[CH]/[Sn]([CH3])([CH3])[CH3]. The van der Waals surface area contributed by atoms with E-state index in [4.69, 9.17) is 0 Å². The van der Waals surface area contributed by atoms with E-state index >= 15 is 0 Å². The molecule has 0 radical (unpaired) electrons. The second kappa shape index (κ2) is 4.95. The molecule has 0 bridgehead atoms. The van der Waals surface area contributed by atoms with Crippen molar-refractivity contribution < 1.29 is 0 Å². The first-order valence-electron chi connectivity index (χ1n) is 4.41. The Morgan fingerprint density at radius 3 is 1.75 bits per heavy atom. The molecule has 2 heteroatoms. The van der Waals surface area contributed by atoms with Crippen LogP contribution in [0.2, 0.25) is 29.6 Å². The van der Waals surface area contributed by atoms with Gasteiger partial charge in [0.25, 0.3) is 0 Å². The van der Waals surface area contributed by atoms with Crippen LogP contribution in [0.4, 0.5) is 0 Å². The molecule has 0 aliphatic heterocycles. The molecule has 0 spiro atoms. The minimum atomic E-state index is -1.80. The minimum absolute atomic E-state index is 1.67. The van der Waals surface area contributed by atoms with E-state index in [2.05, 4.69) is 49.7 Å². The topological polar surface area (TPSA) is 0 Å². The Kier molecular flexibility index (Phi) is 5.32. The summed E-state index contributed by atoms with van der Waals surface area (Å²) >= 11 is -3.47. The van der Waals surface area contributed by atoms with Crippen molar-refractivity contribution in [2.45, 2.75) is 29.6 Å². The number of hydrogen-bond donors (Lipinski definition) is 0. The average Bonchev–Trinajstić information content (AvgIpc) is 1.76. The maximum atomic E-state index is 3.40. The third kappa shape index (κ3) is 10.9. The Labute approximate surface area is 85.6 Å². The standard InChI is InChI=1S/C4H2.6CH3.2Sn/c1-3-4-2;;;;;;;;/h1,3H;6*1H3;;. The quantitative estimate of drug-likeness (QED) is 0.486. The Bertz CT molecular complexity index is 215. The van der Waals surface area contributed by atoms with Gasteiger partial charge in [0.15, 0.2) is 0 Å². The van der Waals surface area contributed by atoms with Gasteiger partial charge in [0.05, 0.1) is 0 Å². The first kappa shape index (κ1) is 12.9. The third-order valence-corrected chi connectivity index (χ3v) is 7.00. The number of allylic oxidation sites excluding steroid dienone is 1. The van der Waals surface area contributed by atoms with Gasteiger partial charge in [-0.2, -0.15) is 0 Å². The fourth-order valence-corrected chi connectivity index (χ4v) is 3.69. The van der Waals surface area contributed by atoms with Crippen LogP contribution in [0, 0.1) is 9.86 Å². The van der Waals surface area contributed by atoms with Gasteiger partial charge in [-0.1, -0.05) is 0 Å². The third-order valence-electron chi connectivity index (χ3n) is 1.11. The van der Waals surface area contributed by atoms with Gasteiger partial charge >= 0.3 is 86.4 Å². The summed E-state index contributed by atoms with van der Waals surface area (Å²) in [5.41, 5.74) is 0. The van der Waals surface area contributed by atoms with Crippen LogP contribution in [0.25, 0.3) is 0 Å². The molecule has 0 fully saturated rings. The molecule has 0 atom stereocenters. The average molecular weight is 378 g/mol. The zero-order chi connectivity index (χ0) is 9.83. The molecule has 0 amide bonds. The molecule has 0 rings (SSSR count). The molecule has 0 saturated heterocycles. The second-order valence-electron chi connectivity index (χ2n) is 5.22. The van der Waals surface area contributed by atoms with Crippen LogP contribution in [0.15, 0.2) is 10.2 Å². The zero-order valence-electron chi connectivity index (χ0n) is 9.15. The van der Waals surface area contributed by atoms with Gasteiger partial charge in [0.1, 0.15) is 0 Å². The van der Waals surface area contributed by atoms with Crippen molar-refractivity contribution in [2.24, 2.45) is 0 Å². The predicted molar refractivity (Wildman–Crippen MR) is 63.6 cm³/mol. The molecule has 0 aliphatic carbocycles. The van der Waals surface area contributed by atoms with E-state index in [0.29, 0.717) is 0 Å². The number of hydrogen-bond acceptors (Lipinski definition) is 0. The van der Waals surface area contributed by atoms with Gasteiger partial charge in [-0.3, -0.25) is 0 Å². The van der Waals surface area contributed by atoms with Crippen LogP contribution in [0.5, 0.6) is 0 Å². The predicted octanol–water partition coefficient (Wildman–Crippen LogP) is 3.30. The summed E-state index contributed by atoms with van der Waals surface area (Å²) < 4.78 is 5.78. The van der Waals surface area contributed by atoms with E-state index < -0.39 is 36.8 Å². The summed E-state index contributed by atoms with van der Waals surface area (Å²) in [6.45, 7) is 0. The monoisotopic (exact) mass is 380 g/mol. The molecule has 0 N–H and O–H groups in total. The van der Waals surface area contributed by atoms with Crippen molar-refractivity contribution >= 4 is 36.8 Å². The molecular formula is C10H20Sn2. The molecule has 0 aromatic carbocycles. The molecule has 0 aromatic heterocycles. The Balaban J connectivity index is 4.13. The van der Waals surface area contributed by atoms with E-state index in [0.717, 1.165) is 0 Å². The van der Waals surface area contributed by atoms with E-state index in [1.54, 1.807) is 0 Å². The Morgan fingerprint density at radius 1 is 0.917 bits per heavy atom. The van der Waals surface area contributed by atoms with Crippen LogP contribution in [0.3, 0.4) is 0 Å².